The number of quaternary nitrogens is 1. The maximum Gasteiger partial charge on any atom is 0.307 e. The zero-order valence-corrected chi connectivity index (χ0v) is 11.3. The molecule has 0 aliphatic rings. The average molecular weight is 248 g/mol. The zero-order chi connectivity index (χ0) is 12.8. The van der Waals surface area contributed by atoms with Crippen LogP contribution < -0.4 is 0 Å². The van der Waals surface area contributed by atoms with Gasteiger partial charge < -0.3 is 14.3 Å². The second-order valence-corrected chi connectivity index (χ2v) is 5.39. The van der Waals surface area contributed by atoms with Gasteiger partial charge >= 0.3 is 5.97 Å². The Balaban J connectivity index is 4.31. The molecule has 0 aromatic carbocycles. The minimum absolute atomic E-state index is 0.000621. The predicted octanol–water partition coefficient (Wildman–Crippen LogP) is 1.68. The van der Waals surface area contributed by atoms with Crippen LogP contribution in [0.4, 0.5) is 0 Å². The fourth-order valence-electron chi connectivity index (χ4n) is 1.40. The highest BCUT2D eigenvalue weighted by Crippen LogP contribution is 2.08. The van der Waals surface area contributed by atoms with Crippen LogP contribution >= 0.6 is 12.2 Å². The van der Waals surface area contributed by atoms with Gasteiger partial charge in [-0.15, -0.1) is 0 Å². The highest BCUT2D eigenvalue weighted by molar-refractivity contribution is 7.80. The van der Waals surface area contributed by atoms with Crippen LogP contribution in [0.15, 0.2) is 0 Å². The number of ether oxygens (including phenoxy) is 1. The minimum Gasteiger partial charge on any atom is -0.481 e. The summed E-state index contributed by atoms with van der Waals surface area (Å²) in [6.45, 7) is 2.65. The van der Waals surface area contributed by atoms with Crippen LogP contribution in [0, 0.1) is 0 Å². The van der Waals surface area contributed by atoms with Crippen molar-refractivity contribution < 1.29 is 19.1 Å². The van der Waals surface area contributed by atoms with Crippen LogP contribution in [-0.2, 0) is 9.53 Å². The van der Waals surface area contributed by atoms with Crippen molar-refractivity contribution in [1.29, 1.82) is 0 Å². The predicted molar refractivity (Wildman–Crippen MR) is 67.5 cm³/mol. The third-order valence-electron chi connectivity index (χ3n) is 1.91. The second-order valence-electron chi connectivity index (χ2n) is 4.93. The van der Waals surface area contributed by atoms with Crippen LogP contribution in [0.25, 0.3) is 0 Å². The Labute approximate surface area is 103 Å². The summed E-state index contributed by atoms with van der Waals surface area (Å²) in [6, 6.07) is 0. The van der Waals surface area contributed by atoms with Crippen molar-refractivity contribution in [2.75, 3.05) is 27.7 Å². The first-order chi connectivity index (χ1) is 7.24. The molecule has 0 rings (SSSR count). The highest BCUT2D eigenvalue weighted by Gasteiger charge is 2.23. The molecule has 16 heavy (non-hydrogen) atoms. The Hall–Kier alpha value is -0.680. The van der Waals surface area contributed by atoms with Crippen molar-refractivity contribution in [2.45, 2.75) is 32.3 Å². The van der Waals surface area contributed by atoms with E-state index in [9.17, 15) is 4.79 Å². The molecule has 0 heterocycles. The van der Waals surface area contributed by atoms with Gasteiger partial charge in [0.1, 0.15) is 6.54 Å². The van der Waals surface area contributed by atoms with E-state index in [4.69, 9.17) is 22.1 Å². The quantitative estimate of drug-likeness (QED) is 0.550. The normalized spacial score (nSPS) is 13.2. The van der Waals surface area contributed by atoms with Crippen molar-refractivity contribution >= 4 is 23.2 Å². The van der Waals surface area contributed by atoms with E-state index in [2.05, 4.69) is 0 Å². The van der Waals surface area contributed by atoms with E-state index in [1.165, 1.54) is 0 Å². The largest absolute Gasteiger partial charge is 0.481 e. The lowest BCUT2D eigenvalue weighted by Gasteiger charge is -2.28. The summed E-state index contributed by atoms with van der Waals surface area (Å²) in [5.74, 6) is -0.849. The Kier molecular flexibility index (Phi) is 6.52. The number of nitrogens with zero attached hydrogens (tertiary/aromatic N) is 1. The molecule has 0 radical (unpaired) electrons. The van der Waals surface area contributed by atoms with Gasteiger partial charge in [0.05, 0.1) is 27.6 Å². The van der Waals surface area contributed by atoms with Gasteiger partial charge in [-0.25, -0.2) is 0 Å². The van der Waals surface area contributed by atoms with E-state index in [1.54, 1.807) is 0 Å². The summed E-state index contributed by atoms with van der Waals surface area (Å²) in [5.41, 5.74) is 0. The molecule has 0 saturated carbocycles. The van der Waals surface area contributed by atoms with E-state index < -0.39 is 5.97 Å². The molecule has 0 unspecified atom stereocenters. The smallest absolute Gasteiger partial charge is 0.307 e. The lowest BCUT2D eigenvalue weighted by Crippen LogP contribution is -2.43. The van der Waals surface area contributed by atoms with Gasteiger partial charge in [-0.3, -0.25) is 4.79 Å². The van der Waals surface area contributed by atoms with Crippen LogP contribution in [0.2, 0.25) is 0 Å². The highest BCUT2D eigenvalue weighted by atomic mass is 32.1. The Morgan fingerprint density at radius 2 is 2.00 bits per heavy atom. The summed E-state index contributed by atoms with van der Waals surface area (Å²) in [6.07, 6.45) is 1.29. The lowest BCUT2D eigenvalue weighted by atomic mass is 10.2. The summed E-state index contributed by atoms with van der Waals surface area (Å²) in [7, 11) is 6.00. The SMILES string of the molecule is CCCC(=S)O[C@H](CC(=O)O)C[N+](C)(C)C. The molecule has 0 aliphatic heterocycles. The number of hydrogen-bond acceptors (Lipinski definition) is 3. The zero-order valence-electron chi connectivity index (χ0n) is 10.5. The van der Waals surface area contributed by atoms with Gasteiger partial charge in [-0.2, -0.15) is 0 Å². The molecule has 0 bridgehead atoms. The van der Waals surface area contributed by atoms with Crippen molar-refractivity contribution in [1.82, 2.24) is 0 Å². The number of carboxylic acids is 1. The molecule has 1 N–H and O–H groups in total. The molecular weight excluding hydrogens is 226 g/mol. The molecule has 0 aliphatic carbocycles. The first kappa shape index (κ1) is 15.3. The van der Waals surface area contributed by atoms with E-state index >= 15 is 0 Å². The molecule has 0 spiro atoms. The molecule has 0 amide bonds. The molecule has 5 heteroatoms. The van der Waals surface area contributed by atoms with Crippen LogP contribution in [-0.4, -0.2) is 54.4 Å². The van der Waals surface area contributed by atoms with Crippen molar-refractivity contribution in [3.8, 4) is 0 Å². The number of rotatable bonds is 7. The number of thiocarbonyl (C=S) groups is 1. The van der Waals surface area contributed by atoms with E-state index in [0.717, 1.165) is 6.42 Å². The summed E-state index contributed by atoms with van der Waals surface area (Å²) >= 11 is 5.05. The van der Waals surface area contributed by atoms with Gasteiger partial charge in [0.25, 0.3) is 0 Å². The fraction of sp³-hybridized carbons (Fsp3) is 0.818. The van der Waals surface area contributed by atoms with Crippen LogP contribution in [0.5, 0.6) is 0 Å². The van der Waals surface area contributed by atoms with Crippen molar-refractivity contribution in [3.63, 3.8) is 0 Å². The first-order valence-electron chi connectivity index (χ1n) is 5.46. The maximum absolute atomic E-state index is 10.7. The number of aliphatic carboxylic acids is 1. The summed E-state index contributed by atoms with van der Waals surface area (Å²) < 4.78 is 6.17. The fourth-order valence-corrected chi connectivity index (χ4v) is 1.74. The third kappa shape index (κ3) is 8.61. The minimum atomic E-state index is -0.849. The number of carbonyl (C=O) groups is 1. The molecule has 0 fully saturated rings. The molecule has 0 aromatic rings. The van der Waals surface area contributed by atoms with E-state index in [0.29, 0.717) is 22.5 Å². The maximum atomic E-state index is 10.7. The molecule has 0 aromatic heterocycles. The lowest BCUT2D eigenvalue weighted by molar-refractivity contribution is -0.873. The van der Waals surface area contributed by atoms with E-state index in [-0.39, 0.29) is 12.5 Å². The topological polar surface area (TPSA) is 46.5 Å². The first-order valence-corrected chi connectivity index (χ1v) is 5.87. The molecular formula is C11H22NO3S+. The number of likely N-dealkylation sites (N-methyl/N-ethyl adjacent to an activating group) is 1. The molecule has 1 atom stereocenters. The molecule has 4 nitrogen and oxygen atoms in total. The van der Waals surface area contributed by atoms with Gasteiger partial charge in [0.2, 0.25) is 0 Å². The third-order valence-corrected chi connectivity index (χ3v) is 2.21. The van der Waals surface area contributed by atoms with Gasteiger partial charge in [0, 0.05) is 6.42 Å². The standard InChI is InChI=1S/C11H21NO3S/c1-5-6-11(16)15-9(7-10(13)14)8-12(2,3)4/h9H,5-8H2,1-4H3/p+1/t9-/m1/s1. The summed E-state index contributed by atoms with van der Waals surface area (Å²) in [4.78, 5) is 10.7. The Morgan fingerprint density at radius 3 is 2.38 bits per heavy atom. The molecule has 94 valence electrons. The van der Waals surface area contributed by atoms with Crippen molar-refractivity contribution in [2.24, 2.45) is 0 Å². The van der Waals surface area contributed by atoms with Gasteiger partial charge in [-0.05, 0) is 18.6 Å². The Bertz CT molecular complexity index is 248. The van der Waals surface area contributed by atoms with Crippen LogP contribution in [0.3, 0.4) is 0 Å². The summed E-state index contributed by atoms with van der Waals surface area (Å²) in [5, 5.41) is 9.31. The Morgan fingerprint density at radius 1 is 1.44 bits per heavy atom. The van der Waals surface area contributed by atoms with Gasteiger partial charge in [0.15, 0.2) is 11.2 Å². The van der Waals surface area contributed by atoms with Gasteiger partial charge in [-0.1, -0.05) is 6.92 Å². The molecule has 0 saturated heterocycles. The number of carboxylic acid groups (broad SMARTS) is 1. The van der Waals surface area contributed by atoms with E-state index in [1.807, 2.05) is 28.1 Å². The number of hydrogen-bond donors (Lipinski definition) is 1. The van der Waals surface area contributed by atoms with Crippen molar-refractivity contribution in [3.05, 3.63) is 0 Å². The van der Waals surface area contributed by atoms with Crippen LogP contribution in [0.1, 0.15) is 26.2 Å². The average Bonchev–Trinajstić information content (AvgIpc) is 1.98. The monoisotopic (exact) mass is 248 g/mol. The second kappa shape index (κ2) is 6.81.